The number of nitrogens with two attached hydrogens (primary N) is 1. The average molecular weight is 507 g/mol. The number of guanidine groups is 1. The van der Waals surface area contributed by atoms with Crippen LogP contribution < -0.4 is 16.4 Å². The van der Waals surface area contributed by atoms with E-state index in [1.54, 1.807) is 19.2 Å². The molecule has 156 valence electrons. The summed E-state index contributed by atoms with van der Waals surface area (Å²) in [5.41, 5.74) is 8.23. The van der Waals surface area contributed by atoms with Crippen molar-refractivity contribution in [2.45, 2.75) is 32.0 Å². The molecule has 0 radical (unpaired) electrons. The van der Waals surface area contributed by atoms with Gasteiger partial charge in [0.2, 0.25) is 5.91 Å². The van der Waals surface area contributed by atoms with Gasteiger partial charge < -0.3 is 16.4 Å². The van der Waals surface area contributed by atoms with Gasteiger partial charge in [0.15, 0.2) is 5.96 Å². The maximum atomic E-state index is 11.2. The Bertz CT molecular complexity index is 795. The van der Waals surface area contributed by atoms with E-state index in [-0.39, 0.29) is 24.0 Å². The number of rotatable bonds is 7. The zero-order valence-corrected chi connectivity index (χ0v) is 19.1. The molecule has 4 N–H and O–H groups in total. The quantitative estimate of drug-likeness (QED) is 0.306. The number of carbonyl (C=O) groups excluding carboxylic acids is 1. The molecule has 0 aliphatic carbocycles. The lowest BCUT2D eigenvalue weighted by Crippen LogP contribution is -2.44. The number of nitrogens with zero attached hydrogens (tertiary/aromatic N) is 2. The van der Waals surface area contributed by atoms with Crippen molar-refractivity contribution in [3.8, 4) is 0 Å². The molecule has 1 aliphatic heterocycles. The summed E-state index contributed by atoms with van der Waals surface area (Å²) in [7, 11) is 1.78. The van der Waals surface area contributed by atoms with Crippen LogP contribution in [0.25, 0.3) is 0 Å². The lowest BCUT2D eigenvalue weighted by molar-refractivity contribution is 0.100. The molecule has 1 amide bonds. The van der Waals surface area contributed by atoms with Gasteiger partial charge in [-0.05, 0) is 42.6 Å². The molecule has 2 aromatic rings. The fraction of sp³-hybridized carbons (Fsp3) is 0.364. The number of benzene rings is 2. The van der Waals surface area contributed by atoms with E-state index in [1.807, 2.05) is 12.1 Å². The van der Waals surface area contributed by atoms with Gasteiger partial charge in [-0.3, -0.25) is 14.7 Å². The Kier molecular flexibility index (Phi) is 9.40. The minimum absolute atomic E-state index is 0. The lowest BCUT2D eigenvalue weighted by Gasteiger charge is -2.25. The number of carbonyl (C=O) groups is 1. The van der Waals surface area contributed by atoms with Gasteiger partial charge in [0.25, 0.3) is 0 Å². The molecule has 29 heavy (non-hydrogen) atoms. The maximum Gasteiger partial charge on any atom is 0.248 e. The van der Waals surface area contributed by atoms with Crippen LogP contribution in [0.3, 0.4) is 0 Å². The number of amides is 1. The minimum atomic E-state index is -0.409. The Morgan fingerprint density at radius 1 is 1.10 bits per heavy atom. The van der Waals surface area contributed by atoms with Crippen molar-refractivity contribution < 1.29 is 4.79 Å². The number of likely N-dealkylation sites (tertiary alicyclic amines) is 1. The molecule has 1 atom stereocenters. The molecular weight excluding hydrogens is 477 g/mol. The van der Waals surface area contributed by atoms with Gasteiger partial charge in [-0.25, -0.2) is 0 Å². The van der Waals surface area contributed by atoms with Gasteiger partial charge in [0.05, 0.1) is 0 Å². The van der Waals surface area contributed by atoms with Crippen LogP contribution in [-0.2, 0) is 13.1 Å². The summed E-state index contributed by atoms with van der Waals surface area (Å²) in [5.74, 6) is 0.374. The minimum Gasteiger partial charge on any atom is -0.366 e. The summed E-state index contributed by atoms with van der Waals surface area (Å²) in [5, 5.41) is 6.78. The molecule has 0 spiro atoms. The first-order valence-corrected chi connectivity index (χ1v) is 9.77. The predicted molar refractivity (Wildman–Crippen MR) is 128 cm³/mol. The van der Waals surface area contributed by atoms with E-state index in [1.165, 1.54) is 18.4 Å². The predicted octanol–water partition coefficient (Wildman–Crippen LogP) is 2.73. The summed E-state index contributed by atoms with van der Waals surface area (Å²) in [6.45, 7) is 3.63. The maximum absolute atomic E-state index is 11.2. The number of aliphatic imine (C=N–C) groups is 1. The lowest BCUT2D eigenvalue weighted by atomic mass is 10.1. The van der Waals surface area contributed by atoms with Crippen molar-refractivity contribution >= 4 is 35.8 Å². The fourth-order valence-electron chi connectivity index (χ4n) is 3.56. The second kappa shape index (κ2) is 11.8. The number of hydrogen-bond donors (Lipinski definition) is 3. The summed E-state index contributed by atoms with van der Waals surface area (Å²) in [4.78, 5) is 18.0. The van der Waals surface area contributed by atoms with Gasteiger partial charge in [-0.15, -0.1) is 24.0 Å². The van der Waals surface area contributed by atoms with Gasteiger partial charge >= 0.3 is 0 Å². The molecule has 1 heterocycles. The molecular formula is C22H30IN5O. The Morgan fingerprint density at radius 2 is 1.83 bits per heavy atom. The van der Waals surface area contributed by atoms with Crippen molar-refractivity contribution in [1.82, 2.24) is 15.5 Å². The zero-order chi connectivity index (χ0) is 19.8. The highest BCUT2D eigenvalue weighted by Gasteiger charge is 2.24. The zero-order valence-electron chi connectivity index (χ0n) is 16.8. The van der Waals surface area contributed by atoms with Gasteiger partial charge in [-0.1, -0.05) is 42.5 Å². The number of primary amides is 1. The molecule has 1 aliphatic rings. The van der Waals surface area contributed by atoms with Crippen LogP contribution in [0.2, 0.25) is 0 Å². The number of halogens is 1. The molecule has 7 heteroatoms. The third-order valence-electron chi connectivity index (χ3n) is 5.15. The summed E-state index contributed by atoms with van der Waals surface area (Å²) in [6.07, 6.45) is 2.43. The molecule has 3 rings (SSSR count). The van der Waals surface area contributed by atoms with E-state index < -0.39 is 5.91 Å². The van der Waals surface area contributed by atoms with Crippen molar-refractivity contribution in [3.63, 3.8) is 0 Å². The number of hydrogen-bond acceptors (Lipinski definition) is 3. The first-order chi connectivity index (χ1) is 13.7. The summed E-state index contributed by atoms with van der Waals surface area (Å²) >= 11 is 0. The van der Waals surface area contributed by atoms with Crippen molar-refractivity contribution in [2.24, 2.45) is 10.7 Å². The van der Waals surface area contributed by atoms with E-state index >= 15 is 0 Å². The van der Waals surface area contributed by atoms with Crippen LogP contribution in [0.1, 0.15) is 34.3 Å². The van der Waals surface area contributed by atoms with E-state index in [4.69, 9.17) is 5.73 Å². The first-order valence-electron chi connectivity index (χ1n) is 9.77. The van der Waals surface area contributed by atoms with Crippen molar-refractivity contribution in [2.75, 3.05) is 20.1 Å². The van der Waals surface area contributed by atoms with Crippen LogP contribution in [-0.4, -0.2) is 42.9 Å². The third-order valence-corrected chi connectivity index (χ3v) is 5.15. The highest BCUT2D eigenvalue weighted by Crippen LogP contribution is 2.19. The molecule has 6 nitrogen and oxygen atoms in total. The first kappa shape index (κ1) is 23.2. The second-order valence-electron chi connectivity index (χ2n) is 7.12. The molecule has 0 bridgehead atoms. The average Bonchev–Trinajstić information content (AvgIpc) is 3.16. The van der Waals surface area contributed by atoms with Gasteiger partial charge in [-0.2, -0.15) is 0 Å². The standard InChI is InChI=1S/C22H29N5O.HI/c1-24-22(25-14-17-9-11-19(12-10-17)21(23)28)26-15-20-8-5-13-27(20)16-18-6-3-2-4-7-18;/h2-4,6-7,9-12,20H,5,8,13-16H2,1H3,(H2,23,28)(H2,24,25,26);1H. The third kappa shape index (κ3) is 7.01. The molecule has 1 fully saturated rings. The van der Waals surface area contributed by atoms with E-state index in [9.17, 15) is 4.79 Å². The van der Waals surface area contributed by atoms with E-state index in [2.05, 4.69) is 50.9 Å². The van der Waals surface area contributed by atoms with E-state index in [0.717, 1.165) is 31.2 Å². The molecule has 1 unspecified atom stereocenters. The molecule has 0 saturated carbocycles. The SMILES string of the molecule is CN=C(NCc1ccc(C(N)=O)cc1)NCC1CCCN1Cc1ccccc1.I. The highest BCUT2D eigenvalue weighted by atomic mass is 127. The fourth-order valence-corrected chi connectivity index (χ4v) is 3.56. The van der Waals surface area contributed by atoms with Gasteiger partial charge in [0, 0.05) is 38.3 Å². The topological polar surface area (TPSA) is 82.7 Å². The smallest absolute Gasteiger partial charge is 0.248 e. The van der Waals surface area contributed by atoms with Crippen molar-refractivity contribution in [3.05, 3.63) is 71.3 Å². The summed E-state index contributed by atoms with van der Waals surface area (Å²) in [6, 6.07) is 18.4. The molecule has 0 aromatic heterocycles. The highest BCUT2D eigenvalue weighted by molar-refractivity contribution is 14.0. The normalized spacial score (nSPS) is 16.9. The number of nitrogens with one attached hydrogen (secondary N) is 2. The molecule has 2 aromatic carbocycles. The van der Waals surface area contributed by atoms with Crippen LogP contribution >= 0.6 is 24.0 Å². The van der Waals surface area contributed by atoms with Crippen LogP contribution in [0.5, 0.6) is 0 Å². The molecule has 1 saturated heterocycles. The van der Waals surface area contributed by atoms with Crippen LogP contribution in [0.4, 0.5) is 0 Å². The van der Waals surface area contributed by atoms with E-state index in [0.29, 0.717) is 18.2 Å². The Labute approximate surface area is 190 Å². The largest absolute Gasteiger partial charge is 0.366 e. The summed E-state index contributed by atoms with van der Waals surface area (Å²) < 4.78 is 0. The Morgan fingerprint density at radius 3 is 2.48 bits per heavy atom. The van der Waals surface area contributed by atoms with Gasteiger partial charge in [0.1, 0.15) is 0 Å². The van der Waals surface area contributed by atoms with Crippen LogP contribution in [0, 0.1) is 0 Å². The second-order valence-corrected chi connectivity index (χ2v) is 7.12. The Hall–Kier alpha value is -2.13. The Balaban J connectivity index is 0.00000300. The van der Waals surface area contributed by atoms with Crippen molar-refractivity contribution in [1.29, 1.82) is 0 Å². The monoisotopic (exact) mass is 507 g/mol. The van der Waals surface area contributed by atoms with Crippen LogP contribution in [0.15, 0.2) is 59.6 Å².